The average Bonchev–Trinajstić information content (AvgIpc) is 3.56. The van der Waals surface area contributed by atoms with E-state index >= 15 is 0 Å². The van der Waals surface area contributed by atoms with E-state index in [-0.39, 0.29) is 18.5 Å². The summed E-state index contributed by atoms with van der Waals surface area (Å²) in [7, 11) is 0. The monoisotopic (exact) mass is 797 g/mol. The van der Waals surface area contributed by atoms with Crippen LogP contribution in [0.2, 0.25) is 0 Å². The normalized spacial score (nSPS) is 12.0. The van der Waals surface area contributed by atoms with Gasteiger partial charge in [0.2, 0.25) is 0 Å². The first-order valence-corrected chi connectivity index (χ1v) is 19.7. The third-order valence-electron chi connectivity index (χ3n) is 8.52. The Morgan fingerprint density at radius 3 is 1.23 bits per heavy atom. The molecule has 14 nitrogen and oxygen atoms in total. The summed E-state index contributed by atoms with van der Waals surface area (Å²) >= 11 is 0. The van der Waals surface area contributed by atoms with Crippen molar-refractivity contribution in [2.75, 3.05) is 139 Å². The van der Waals surface area contributed by atoms with Gasteiger partial charge in [-0.1, -0.05) is 66.7 Å². The fourth-order valence-electron chi connectivity index (χ4n) is 5.73. The predicted molar refractivity (Wildman–Crippen MR) is 212 cm³/mol. The van der Waals surface area contributed by atoms with Crippen molar-refractivity contribution in [1.29, 1.82) is 0 Å². The van der Waals surface area contributed by atoms with E-state index in [9.17, 15) is 9.59 Å². The van der Waals surface area contributed by atoms with Gasteiger partial charge in [-0.25, -0.2) is 9.59 Å². The summed E-state index contributed by atoms with van der Waals surface area (Å²) in [6.07, 6.45) is 0.261. The summed E-state index contributed by atoms with van der Waals surface area (Å²) in [5, 5.41) is 2.80. The molecule has 0 saturated carbocycles. The van der Waals surface area contributed by atoms with Crippen molar-refractivity contribution in [3.8, 4) is 11.1 Å². The van der Waals surface area contributed by atoms with E-state index in [1.807, 2.05) is 30.3 Å². The second-order valence-corrected chi connectivity index (χ2v) is 12.6. The van der Waals surface area contributed by atoms with Gasteiger partial charge in [-0.15, -0.1) is 0 Å². The van der Waals surface area contributed by atoms with Crippen LogP contribution in [-0.4, -0.2) is 151 Å². The lowest BCUT2D eigenvalue weighted by Gasteiger charge is -2.14. The zero-order valence-corrected chi connectivity index (χ0v) is 32.9. The second-order valence-electron chi connectivity index (χ2n) is 12.6. The molecule has 3 aromatic carbocycles. The summed E-state index contributed by atoms with van der Waals surface area (Å²) < 4.78 is 60.2. The van der Waals surface area contributed by atoms with Gasteiger partial charge in [-0.3, -0.25) is 0 Å². The molecule has 0 saturated heterocycles. The van der Waals surface area contributed by atoms with Gasteiger partial charge in [0.25, 0.3) is 0 Å². The molecule has 1 N–H and O–H groups in total. The smallest absolute Gasteiger partial charge is 0.407 e. The number of benzene rings is 3. The molecule has 14 heteroatoms. The molecule has 0 unspecified atom stereocenters. The fourth-order valence-corrected chi connectivity index (χ4v) is 5.73. The Bertz CT molecular complexity index is 1450. The van der Waals surface area contributed by atoms with Crippen LogP contribution in [-0.2, 0) is 52.1 Å². The molecule has 0 aromatic heterocycles. The van der Waals surface area contributed by atoms with Crippen LogP contribution in [0.3, 0.4) is 0 Å². The van der Waals surface area contributed by atoms with Crippen molar-refractivity contribution in [2.45, 2.75) is 12.3 Å². The minimum Gasteiger partial charge on any atom is -0.460 e. The molecule has 0 fully saturated rings. The number of amides is 1. The van der Waals surface area contributed by atoms with Crippen LogP contribution in [0, 0.1) is 0 Å². The van der Waals surface area contributed by atoms with Gasteiger partial charge >= 0.3 is 12.1 Å². The topological polar surface area (TPSA) is 148 Å². The van der Waals surface area contributed by atoms with E-state index in [2.05, 4.69) is 29.6 Å². The Kier molecular flexibility index (Phi) is 24.2. The van der Waals surface area contributed by atoms with Gasteiger partial charge < -0.3 is 57.4 Å². The molecule has 57 heavy (non-hydrogen) atoms. The van der Waals surface area contributed by atoms with Crippen LogP contribution < -0.4 is 5.32 Å². The number of nitrogens with one attached hydrogen (secondary N) is 1. The highest BCUT2D eigenvalue weighted by atomic mass is 16.6. The minimum atomic E-state index is -0.419. The summed E-state index contributed by atoms with van der Waals surface area (Å²) in [5.74, 6) is -0.315. The van der Waals surface area contributed by atoms with E-state index in [0.717, 1.165) is 0 Å². The Morgan fingerprint density at radius 2 is 0.789 bits per heavy atom. The van der Waals surface area contributed by atoms with E-state index in [1.54, 1.807) is 24.3 Å². The Labute approximate surface area is 336 Å². The molecule has 314 valence electrons. The van der Waals surface area contributed by atoms with Crippen molar-refractivity contribution >= 4 is 12.1 Å². The maximum Gasteiger partial charge on any atom is 0.407 e. The number of carbonyl (C=O) groups is 2. The standard InChI is InChI=1S/C43H59NO13/c45-42(36-9-2-1-3-10-36)56-34-33-55-32-31-54-30-29-53-28-27-52-26-25-51-24-23-50-22-21-49-20-19-48-18-17-47-16-8-15-44-43(46)57-35-41-39-13-6-4-11-37(39)38-12-5-7-14-40(38)41/h1-7,9-14,41H,8,15-35H2,(H,44,46). The maximum absolute atomic E-state index is 12.3. The molecular formula is C43H59NO13. The van der Waals surface area contributed by atoms with Gasteiger partial charge in [0.1, 0.15) is 13.2 Å². The van der Waals surface area contributed by atoms with Crippen LogP contribution in [0.15, 0.2) is 78.9 Å². The van der Waals surface area contributed by atoms with Gasteiger partial charge in [0.05, 0.1) is 118 Å². The van der Waals surface area contributed by atoms with E-state index in [4.69, 9.17) is 52.1 Å². The zero-order valence-electron chi connectivity index (χ0n) is 32.9. The predicted octanol–water partition coefficient (Wildman–Crippen LogP) is 4.92. The van der Waals surface area contributed by atoms with Crippen LogP contribution >= 0.6 is 0 Å². The van der Waals surface area contributed by atoms with Crippen molar-refractivity contribution in [1.82, 2.24) is 5.32 Å². The lowest BCUT2D eigenvalue weighted by Crippen LogP contribution is -2.27. The highest BCUT2D eigenvalue weighted by Gasteiger charge is 2.29. The van der Waals surface area contributed by atoms with Crippen molar-refractivity contribution in [3.05, 3.63) is 95.6 Å². The third kappa shape index (κ3) is 19.4. The number of fused-ring (bicyclic) bond motifs is 3. The van der Waals surface area contributed by atoms with Crippen molar-refractivity contribution < 1.29 is 61.7 Å². The Morgan fingerprint density at radius 1 is 0.421 bits per heavy atom. The quantitative estimate of drug-likeness (QED) is 0.0645. The first-order valence-electron chi connectivity index (χ1n) is 19.7. The summed E-state index contributed by atoms with van der Waals surface area (Å²) in [6, 6.07) is 25.4. The first-order chi connectivity index (χ1) is 28.2. The summed E-state index contributed by atoms with van der Waals surface area (Å²) in [6.45, 7) is 9.30. The molecule has 4 rings (SSSR count). The molecule has 0 bridgehead atoms. The molecule has 1 aliphatic carbocycles. The lowest BCUT2D eigenvalue weighted by molar-refractivity contribution is -0.0259. The van der Waals surface area contributed by atoms with Crippen LogP contribution in [0.4, 0.5) is 4.79 Å². The number of esters is 1. The fraction of sp³-hybridized carbons (Fsp3) is 0.535. The number of alkyl carbamates (subject to hydrolysis) is 1. The summed E-state index contributed by atoms with van der Waals surface area (Å²) in [5.41, 5.74) is 5.32. The maximum atomic E-state index is 12.3. The minimum absolute atomic E-state index is 0.0457. The van der Waals surface area contributed by atoms with Crippen LogP contribution in [0.5, 0.6) is 0 Å². The number of rotatable bonds is 34. The van der Waals surface area contributed by atoms with Gasteiger partial charge in [-0.2, -0.15) is 0 Å². The first kappa shape index (κ1) is 45.7. The van der Waals surface area contributed by atoms with E-state index in [1.165, 1.54) is 22.3 Å². The number of ether oxygens (including phenoxy) is 11. The molecule has 0 atom stereocenters. The highest BCUT2D eigenvalue weighted by molar-refractivity contribution is 5.89. The van der Waals surface area contributed by atoms with Gasteiger partial charge in [-0.05, 0) is 40.8 Å². The molecule has 1 aliphatic rings. The summed E-state index contributed by atoms with van der Waals surface area (Å²) in [4.78, 5) is 24.1. The second kappa shape index (κ2) is 30.2. The third-order valence-corrected chi connectivity index (χ3v) is 8.52. The largest absolute Gasteiger partial charge is 0.460 e. The Balaban J connectivity index is 0.785. The van der Waals surface area contributed by atoms with Crippen molar-refractivity contribution in [2.24, 2.45) is 0 Å². The van der Waals surface area contributed by atoms with Crippen molar-refractivity contribution in [3.63, 3.8) is 0 Å². The highest BCUT2D eigenvalue weighted by Crippen LogP contribution is 2.44. The van der Waals surface area contributed by atoms with Gasteiger partial charge in [0.15, 0.2) is 0 Å². The molecular weight excluding hydrogens is 738 g/mol. The SMILES string of the molecule is O=C(NCCCOCCOCCOCCOCCOCCOCCOCCOCCOCCOC(=O)c1ccccc1)OCC1c2ccccc2-c2ccccc21. The molecule has 0 spiro atoms. The number of carbonyl (C=O) groups excluding carboxylic acids is 2. The number of hydrogen-bond donors (Lipinski definition) is 1. The van der Waals surface area contributed by atoms with Gasteiger partial charge in [0, 0.05) is 19.1 Å². The lowest BCUT2D eigenvalue weighted by atomic mass is 9.98. The average molecular weight is 798 g/mol. The Hall–Kier alpha value is -3.96. The zero-order chi connectivity index (χ0) is 39.9. The molecule has 3 aromatic rings. The molecule has 0 aliphatic heterocycles. The van der Waals surface area contributed by atoms with Crippen LogP contribution in [0.25, 0.3) is 11.1 Å². The number of hydrogen-bond acceptors (Lipinski definition) is 13. The molecule has 0 heterocycles. The van der Waals surface area contributed by atoms with E-state index < -0.39 is 6.09 Å². The molecule has 1 amide bonds. The molecule has 0 radical (unpaired) electrons. The van der Waals surface area contributed by atoms with Crippen LogP contribution in [0.1, 0.15) is 33.8 Å². The van der Waals surface area contributed by atoms with E-state index in [0.29, 0.717) is 144 Å².